The molecule has 0 radical (unpaired) electrons. The van der Waals surface area contributed by atoms with Crippen LogP contribution in [0.15, 0.2) is 41.1 Å². The minimum Gasteiger partial charge on any atom is -0.384 e. The molecule has 3 aromatic rings. The molecule has 3 aromatic heterocycles. The van der Waals surface area contributed by atoms with Gasteiger partial charge in [-0.05, 0) is 35.7 Å². The highest BCUT2D eigenvalue weighted by atomic mass is 32.1. The van der Waals surface area contributed by atoms with Crippen molar-refractivity contribution < 1.29 is 0 Å². The van der Waals surface area contributed by atoms with E-state index in [0.29, 0.717) is 11.5 Å². The Labute approximate surface area is 96.6 Å². The average molecular weight is 227 g/mol. The molecule has 0 saturated carbocycles. The molecule has 0 unspecified atom stereocenters. The summed E-state index contributed by atoms with van der Waals surface area (Å²) in [5.74, 6) is 0.502. The second kappa shape index (κ2) is 3.57. The first-order valence-electron chi connectivity index (χ1n) is 4.89. The van der Waals surface area contributed by atoms with Crippen LogP contribution < -0.4 is 5.73 Å². The highest BCUT2D eigenvalue weighted by molar-refractivity contribution is 7.08. The fourth-order valence-corrected chi connectivity index (χ4v) is 2.23. The first-order valence-corrected chi connectivity index (χ1v) is 5.83. The lowest BCUT2D eigenvalue weighted by Gasteiger charge is -2.01. The standard InChI is InChI=1S/C12H9N3S/c13-11-4-2-8-1-3-10(14-12(8)15-11)9-5-6-16-7-9/h1-7H,(H2,13,14,15). The number of fused-ring (bicyclic) bond motifs is 1. The van der Waals surface area contributed by atoms with Gasteiger partial charge >= 0.3 is 0 Å². The van der Waals surface area contributed by atoms with Gasteiger partial charge in [-0.25, -0.2) is 9.97 Å². The van der Waals surface area contributed by atoms with E-state index >= 15 is 0 Å². The Morgan fingerprint density at radius 1 is 1.00 bits per heavy atom. The van der Waals surface area contributed by atoms with E-state index in [0.717, 1.165) is 16.6 Å². The van der Waals surface area contributed by atoms with Crippen LogP contribution in [0.25, 0.3) is 22.3 Å². The molecule has 4 heteroatoms. The zero-order chi connectivity index (χ0) is 11.0. The highest BCUT2D eigenvalue weighted by Gasteiger charge is 2.02. The molecule has 2 N–H and O–H groups in total. The van der Waals surface area contributed by atoms with Crippen LogP contribution in [0.2, 0.25) is 0 Å². The van der Waals surface area contributed by atoms with Crippen LogP contribution in [0.3, 0.4) is 0 Å². The van der Waals surface area contributed by atoms with Gasteiger partial charge in [0.1, 0.15) is 5.82 Å². The predicted molar refractivity (Wildman–Crippen MR) is 67.3 cm³/mol. The minimum absolute atomic E-state index is 0.502. The molecule has 3 nitrogen and oxygen atoms in total. The first kappa shape index (κ1) is 9.30. The van der Waals surface area contributed by atoms with E-state index in [-0.39, 0.29) is 0 Å². The lowest BCUT2D eigenvalue weighted by molar-refractivity contribution is 1.29. The molecule has 3 rings (SSSR count). The summed E-state index contributed by atoms with van der Waals surface area (Å²) in [7, 11) is 0. The Hall–Kier alpha value is -1.94. The minimum atomic E-state index is 0.502. The second-order valence-electron chi connectivity index (χ2n) is 3.49. The molecular formula is C12H9N3S. The van der Waals surface area contributed by atoms with Gasteiger partial charge in [-0.3, -0.25) is 0 Å². The van der Waals surface area contributed by atoms with E-state index in [4.69, 9.17) is 5.73 Å². The van der Waals surface area contributed by atoms with E-state index in [1.807, 2.05) is 29.6 Å². The Balaban J connectivity index is 2.22. The van der Waals surface area contributed by atoms with Crippen LogP contribution in [0.4, 0.5) is 5.82 Å². The monoisotopic (exact) mass is 227 g/mol. The van der Waals surface area contributed by atoms with Gasteiger partial charge in [0.25, 0.3) is 0 Å². The van der Waals surface area contributed by atoms with Gasteiger partial charge < -0.3 is 5.73 Å². The molecular weight excluding hydrogens is 218 g/mol. The highest BCUT2D eigenvalue weighted by Crippen LogP contribution is 2.22. The van der Waals surface area contributed by atoms with E-state index in [1.165, 1.54) is 0 Å². The number of rotatable bonds is 1. The largest absolute Gasteiger partial charge is 0.384 e. The van der Waals surface area contributed by atoms with E-state index in [2.05, 4.69) is 15.3 Å². The molecule has 0 fully saturated rings. The normalized spacial score (nSPS) is 10.8. The molecule has 0 saturated heterocycles. The molecule has 0 aliphatic heterocycles. The zero-order valence-electron chi connectivity index (χ0n) is 8.42. The van der Waals surface area contributed by atoms with Gasteiger partial charge in [-0.15, -0.1) is 0 Å². The number of hydrogen-bond donors (Lipinski definition) is 1. The van der Waals surface area contributed by atoms with Gasteiger partial charge in [0.15, 0.2) is 5.65 Å². The molecule has 0 spiro atoms. The van der Waals surface area contributed by atoms with Crippen molar-refractivity contribution in [1.29, 1.82) is 0 Å². The van der Waals surface area contributed by atoms with E-state index in [1.54, 1.807) is 17.4 Å². The molecule has 78 valence electrons. The molecule has 3 heterocycles. The SMILES string of the molecule is Nc1ccc2ccc(-c3ccsc3)nc2n1. The summed E-state index contributed by atoms with van der Waals surface area (Å²) in [6, 6.07) is 9.78. The van der Waals surface area contributed by atoms with Gasteiger partial charge in [0.05, 0.1) is 5.69 Å². The van der Waals surface area contributed by atoms with Gasteiger partial charge in [0.2, 0.25) is 0 Å². The van der Waals surface area contributed by atoms with Crippen LogP contribution in [-0.4, -0.2) is 9.97 Å². The molecule has 0 bridgehead atoms. The van der Waals surface area contributed by atoms with Crippen molar-refractivity contribution in [3.05, 3.63) is 41.1 Å². The van der Waals surface area contributed by atoms with Crippen LogP contribution in [0.1, 0.15) is 0 Å². The molecule has 0 amide bonds. The quantitative estimate of drug-likeness (QED) is 0.695. The Kier molecular flexibility index (Phi) is 2.08. The maximum Gasteiger partial charge on any atom is 0.162 e. The van der Waals surface area contributed by atoms with Crippen molar-refractivity contribution in [2.24, 2.45) is 0 Å². The van der Waals surface area contributed by atoms with Crippen molar-refractivity contribution in [2.45, 2.75) is 0 Å². The third-order valence-electron chi connectivity index (χ3n) is 2.39. The lowest BCUT2D eigenvalue weighted by Crippen LogP contribution is -1.92. The lowest BCUT2D eigenvalue weighted by atomic mass is 10.2. The second-order valence-corrected chi connectivity index (χ2v) is 4.27. The van der Waals surface area contributed by atoms with Crippen LogP contribution in [0, 0.1) is 0 Å². The molecule has 0 aliphatic rings. The summed E-state index contributed by atoms with van der Waals surface area (Å²) in [5.41, 5.74) is 8.40. The summed E-state index contributed by atoms with van der Waals surface area (Å²) in [6.07, 6.45) is 0. The predicted octanol–water partition coefficient (Wildman–Crippen LogP) is 2.94. The van der Waals surface area contributed by atoms with Crippen LogP contribution >= 0.6 is 11.3 Å². The van der Waals surface area contributed by atoms with Crippen molar-refractivity contribution in [1.82, 2.24) is 9.97 Å². The third kappa shape index (κ3) is 1.53. The smallest absolute Gasteiger partial charge is 0.162 e. The Bertz CT molecular complexity index is 632. The Morgan fingerprint density at radius 2 is 1.88 bits per heavy atom. The van der Waals surface area contributed by atoms with Crippen LogP contribution in [-0.2, 0) is 0 Å². The molecule has 0 atom stereocenters. The van der Waals surface area contributed by atoms with Gasteiger partial charge in [-0.1, -0.05) is 0 Å². The summed E-state index contributed by atoms with van der Waals surface area (Å²) in [6.45, 7) is 0. The number of hydrogen-bond acceptors (Lipinski definition) is 4. The summed E-state index contributed by atoms with van der Waals surface area (Å²) in [4.78, 5) is 8.71. The zero-order valence-corrected chi connectivity index (χ0v) is 9.24. The maximum absolute atomic E-state index is 5.64. The van der Waals surface area contributed by atoms with Crippen molar-refractivity contribution >= 4 is 28.2 Å². The van der Waals surface area contributed by atoms with Crippen molar-refractivity contribution in [3.63, 3.8) is 0 Å². The molecule has 0 aliphatic carbocycles. The first-order chi connectivity index (χ1) is 7.83. The number of nitrogens with two attached hydrogens (primary N) is 1. The number of nitrogens with zero attached hydrogens (tertiary/aromatic N) is 2. The number of pyridine rings is 2. The number of nitrogen functional groups attached to an aromatic ring is 1. The molecule has 16 heavy (non-hydrogen) atoms. The third-order valence-corrected chi connectivity index (χ3v) is 3.07. The summed E-state index contributed by atoms with van der Waals surface area (Å²) < 4.78 is 0. The summed E-state index contributed by atoms with van der Waals surface area (Å²) >= 11 is 1.66. The Morgan fingerprint density at radius 3 is 2.69 bits per heavy atom. The van der Waals surface area contributed by atoms with Gasteiger partial charge in [0, 0.05) is 16.3 Å². The number of aromatic nitrogens is 2. The summed E-state index contributed by atoms with van der Waals surface area (Å²) in [5, 5.41) is 5.11. The topological polar surface area (TPSA) is 51.8 Å². The fraction of sp³-hybridized carbons (Fsp3) is 0. The number of thiophene rings is 1. The molecule has 0 aromatic carbocycles. The van der Waals surface area contributed by atoms with E-state index < -0.39 is 0 Å². The van der Waals surface area contributed by atoms with Crippen molar-refractivity contribution in [2.75, 3.05) is 5.73 Å². The van der Waals surface area contributed by atoms with E-state index in [9.17, 15) is 0 Å². The van der Waals surface area contributed by atoms with Gasteiger partial charge in [-0.2, -0.15) is 11.3 Å². The fourth-order valence-electron chi connectivity index (χ4n) is 1.58. The van der Waals surface area contributed by atoms with Crippen LogP contribution in [0.5, 0.6) is 0 Å². The van der Waals surface area contributed by atoms with Crippen molar-refractivity contribution in [3.8, 4) is 11.3 Å². The maximum atomic E-state index is 5.64. The number of anilines is 1. The average Bonchev–Trinajstić information content (AvgIpc) is 2.81.